The largest absolute Gasteiger partial charge is 0.449 e. The summed E-state index contributed by atoms with van der Waals surface area (Å²) >= 11 is 1.44. The van der Waals surface area contributed by atoms with Crippen molar-refractivity contribution in [3.05, 3.63) is 46.4 Å². The molecule has 8 heteroatoms. The molecule has 0 aliphatic heterocycles. The van der Waals surface area contributed by atoms with Gasteiger partial charge in [-0.2, -0.15) is 13.2 Å². The van der Waals surface area contributed by atoms with Crippen molar-refractivity contribution in [2.45, 2.75) is 12.6 Å². The summed E-state index contributed by atoms with van der Waals surface area (Å²) in [6.45, 7) is 0. The topological polar surface area (TPSA) is 57.8 Å². The van der Waals surface area contributed by atoms with E-state index in [4.69, 9.17) is 0 Å². The summed E-state index contributed by atoms with van der Waals surface area (Å²) in [5.41, 5.74) is 0.571. The van der Waals surface area contributed by atoms with E-state index in [9.17, 15) is 18.0 Å². The van der Waals surface area contributed by atoms with E-state index in [0.29, 0.717) is 0 Å². The standard InChI is InChI=1S/C14H10F3N3OS/c15-14(16,17)13-19-10-5-1-4-9(12(10)20-13)18-11(21)7-8-3-2-6-22-8/h1-6H,7H2,(H,18,21)(H,19,20). The fourth-order valence-electron chi connectivity index (χ4n) is 2.03. The number of aromatic amines is 1. The summed E-state index contributed by atoms with van der Waals surface area (Å²) in [5, 5.41) is 4.46. The Morgan fingerprint density at radius 1 is 1.27 bits per heavy atom. The van der Waals surface area contributed by atoms with E-state index in [1.165, 1.54) is 23.5 Å². The van der Waals surface area contributed by atoms with Gasteiger partial charge in [0.15, 0.2) is 0 Å². The van der Waals surface area contributed by atoms with Crippen molar-refractivity contribution in [2.75, 3.05) is 5.32 Å². The highest BCUT2D eigenvalue weighted by atomic mass is 32.1. The Hall–Kier alpha value is -2.35. The van der Waals surface area contributed by atoms with Gasteiger partial charge >= 0.3 is 6.18 Å². The Kier molecular flexibility index (Phi) is 3.61. The first kappa shape index (κ1) is 14.6. The first-order chi connectivity index (χ1) is 10.4. The van der Waals surface area contributed by atoms with E-state index in [2.05, 4.69) is 15.3 Å². The number of para-hydroxylation sites is 1. The number of nitrogens with zero attached hydrogens (tertiary/aromatic N) is 1. The van der Waals surface area contributed by atoms with Crippen LogP contribution in [0.25, 0.3) is 11.0 Å². The van der Waals surface area contributed by atoms with Crippen molar-refractivity contribution < 1.29 is 18.0 Å². The minimum absolute atomic E-state index is 0.0920. The number of imidazole rings is 1. The molecule has 2 heterocycles. The third-order valence-corrected chi connectivity index (χ3v) is 3.85. The smallest absolute Gasteiger partial charge is 0.334 e. The Labute approximate surface area is 127 Å². The van der Waals surface area contributed by atoms with Gasteiger partial charge in [-0.25, -0.2) is 4.98 Å². The van der Waals surface area contributed by atoms with Crippen LogP contribution in [0.2, 0.25) is 0 Å². The fourth-order valence-corrected chi connectivity index (χ4v) is 2.74. The molecule has 22 heavy (non-hydrogen) atoms. The molecule has 0 unspecified atom stereocenters. The van der Waals surface area contributed by atoms with E-state index >= 15 is 0 Å². The summed E-state index contributed by atoms with van der Waals surface area (Å²) in [6, 6.07) is 8.21. The zero-order valence-electron chi connectivity index (χ0n) is 11.1. The SMILES string of the molecule is O=C(Cc1cccs1)Nc1cccc2[nH]c(C(F)(F)F)nc12. The van der Waals surface area contributed by atoms with E-state index in [-0.39, 0.29) is 29.0 Å². The molecule has 114 valence electrons. The minimum atomic E-state index is -4.56. The zero-order chi connectivity index (χ0) is 15.7. The van der Waals surface area contributed by atoms with E-state index in [1.807, 2.05) is 17.5 Å². The van der Waals surface area contributed by atoms with Gasteiger partial charge in [-0.15, -0.1) is 11.3 Å². The summed E-state index contributed by atoms with van der Waals surface area (Å²) < 4.78 is 38.1. The fraction of sp³-hybridized carbons (Fsp3) is 0.143. The molecule has 1 amide bonds. The lowest BCUT2D eigenvalue weighted by atomic mass is 10.2. The minimum Gasteiger partial charge on any atom is -0.334 e. The van der Waals surface area contributed by atoms with Crippen LogP contribution in [0.4, 0.5) is 18.9 Å². The molecular weight excluding hydrogens is 315 g/mol. The van der Waals surface area contributed by atoms with Gasteiger partial charge in [-0.1, -0.05) is 12.1 Å². The maximum atomic E-state index is 12.7. The van der Waals surface area contributed by atoms with Gasteiger partial charge < -0.3 is 10.3 Å². The monoisotopic (exact) mass is 325 g/mol. The number of thiophene rings is 1. The number of carbonyl (C=O) groups is 1. The highest BCUT2D eigenvalue weighted by Crippen LogP contribution is 2.30. The van der Waals surface area contributed by atoms with Gasteiger partial charge in [-0.05, 0) is 23.6 Å². The average molecular weight is 325 g/mol. The van der Waals surface area contributed by atoms with Gasteiger partial charge in [0.05, 0.1) is 17.6 Å². The van der Waals surface area contributed by atoms with Crippen molar-refractivity contribution in [1.29, 1.82) is 0 Å². The number of benzene rings is 1. The number of rotatable bonds is 3. The number of carbonyl (C=O) groups excluding carboxylic acids is 1. The predicted molar refractivity (Wildman–Crippen MR) is 77.7 cm³/mol. The lowest BCUT2D eigenvalue weighted by molar-refractivity contribution is -0.144. The van der Waals surface area contributed by atoms with Gasteiger partial charge in [0.2, 0.25) is 11.7 Å². The van der Waals surface area contributed by atoms with Crippen LogP contribution in [0.1, 0.15) is 10.7 Å². The van der Waals surface area contributed by atoms with Crippen LogP contribution in [0, 0.1) is 0 Å². The summed E-state index contributed by atoms with van der Waals surface area (Å²) in [4.78, 5) is 18.6. The number of hydrogen-bond acceptors (Lipinski definition) is 3. The molecule has 3 aromatic rings. The second kappa shape index (κ2) is 5.45. The number of H-pyrrole nitrogens is 1. The van der Waals surface area contributed by atoms with Crippen molar-refractivity contribution in [3.8, 4) is 0 Å². The number of aromatic nitrogens is 2. The Balaban J connectivity index is 1.87. The molecule has 2 N–H and O–H groups in total. The molecule has 0 atom stereocenters. The quantitative estimate of drug-likeness (QED) is 0.769. The molecule has 0 spiro atoms. The van der Waals surface area contributed by atoms with Crippen LogP contribution >= 0.6 is 11.3 Å². The van der Waals surface area contributed by atoms with Crippen LogP contribution in [0.3, 0.4) is 0 Å². The molecule has 0 saturated heterocycles. The lowest BCUT2D eigenvalue weighted by Crippen LogP contribution is -2.14. The van der Waals surface area contributed by atoms with Gasteiger partial charge in [0.25, 0.3) is 0 Å². The Morgan fingerprint density at radius 3 is 2.77 bits per heavy atom. The molecule has 4 nitrogen and oxygen atoms in total. The number of anilines is 1. The molecule has 0 fully saturated rings. The van der Waals surface area contributed by atoms with Gasteiger partial charge in [0, 0.05) is 4.88 Å². The third kappa shape index (κ3) is 2.96. The van der Waals surface area contributed by atoms with Crippen LogP contribution in [0.15, 0.2) is 35.7 Å². The summed E-state index contributed by atoms with van der Waals surface area (Å²) in [5.74, 6) is -1.38. The first-order valence-electron chi connectivity index (χ1n) is 6.31. The van der Waals surface area contributed by atoms with Crippen LogP contribution in [-0.2, 0) is 17.4 Å². The number of fused-ring (bicyclic) bond motifs is 1. The maximum absolute atomic E-state index is 12.7. The molecule has 0 aliphatic carbocycles. The highest BCUT2D eigenvalue weighted by Gasteiger charge is 2.35. The second-order valence-corrected chi connectivity index (χ2v) is 5.62. The summed E-state index contributed by atoms with van der Waals surface area (Å²) in [6.07, 6.45) is -4.39. The van der Waals surface area contributed by atoms with Crippen LogP contribution in [0.5, 0.6) is 0 Å². The molecular formula is C14H10F3N3OS. The van der Waals surface area contributed by atoms with Crippen molar-refractivity contribution in [2.24, 2.45) is 0 Å². The Morgan fingerprint density at radius 2 is 2.09 bits per heavy atom. The second-order valence-electron chi connectivity index (χ2n) is 4.59. The number of halogens is 3. The number of hydrogen-bond donors (Lipinski definition) is 2. The molecule has 3 rings (SSSR count). The van der Waals surface area contributed by atoms with Crippen LogP contribution < -0.4 is 5.32 Å². The van der Waals surface area contributed by atoms with E-state index in [1.54, 1.807) is 6.07 Å². The molecule has 0 bridgehead atoms. The summed E-state index contributed by atoms with van der Waals surface area (Å²) in [7, 11) is 0. The third-order valence-electron chi connectivity index (χ3n) is 2.97. The van der Waals surface area contributed by atoms with Crippen molar-refractivity contribution in [3.63, 3.8) is 0 Å². The predicted octanol–water partition coefficient (Wildman–Crippen LogP) is 3.82. The molecule has 0 saturated carbocycles. The molecule has 0 aliphatic rings. The number of alkyl halides is 3. The average Bonchev–Trinajstić information content (AvgIpc) is 3.06. The number of amides is 1. The molecule has 0 radical (unpaired) electrons. The van der Waals surface area contributed by atoms with Crippen molar-refractivity contribution in [1.82, 2.24) is 9.97 Å². The molecule has 1 aromatic carbocycles. The van der Waals surface area contributed by atoms with Crippen LogP contribution in [-0.4, -0.2) is 15.9 Å². The van der Waals surface area contributed by atoms with Gasteiger partial charge in [0.1, 0.15) is 5.52 Å². The maximum Gasteiger partial charge on any atom is 0.449 e. The van der Waals surface area contributed by atoms with E-state index < -0.39 is 12.0 Å². The van der Waals surface area contributed by atoms with Gasteiger partial charge in [-0.3, -0.25) is 4.79 Å². The normalized spacial score (nSPS) is 11.8. The molecule has 2 aromatic heterocycles. The Bertz CT molecular complexity index is 808. The lowest BCUT2D eigenvalue weighted by Gasteiger charge is -2.04. The highest BCUT2D eigenvalue weighted by molar-refractivity contribution is 7.10. The zero-order valence-corrected chi connectivity index (χ0v) is 11.9. The van der Waals surface area contributed by atoms with Crippen molar-refractivity contribution >= 4 is 34.0 Å². The van der Waals surface area contributed by atoms with E-state index in [0.717, 1.165) is 4.88 Å². The number of nitrogens with one attached hydrogen (secondary N) is 2. The first-order valence-corrected chi connectivity index (χ1v) is 7.19.